The lowest BCUT2D eigenvalue weighted by atomic mass is 10.0. The topological polar surface area (TPSA) is 237 Å². The van der Waals surface area contributed by atoms with E-state index in [1.807, 2.05) is 0 Å². The Morgan fingerprint density at radius 3 is 0.642 bits per heavy atom. The molecule has 0 heterocycles. The molecule has 630 valence electrons. The molecule has 0 amide bonds. The maximum atomic E-state index is 13.2. The average Bonchev–Trinajstić information content (AvgIpc) is 0.900. The van der Waals surface area contributed by atoms with Crippen molar-refractivity contribution in [1.82, 2.24) is 0 Å². The van der Waals surface area contributed by atoms with E-state index in [4.69, 9.17) is 37.0 Å². The minimum Gasteiger partial charge on any atom is -0.462 e. The second kappa shape index (κ2) is 79.7. The molecule has 0 aliphatic heterocycles. The molecule has 0 rings (SSSR count). The normalized spacial score (nSPS) is 13.7. The van der Waals surface area contributed by atoms with Crippen molar-refractivity contribution in [2.45, 2.75) is 490 Å². The minimum absolute atomic E-state index is 0.108. The summed E-state index contributed by atoms with van der Waals surface area (Å²) in [6, 6.07) is 0. The maximum absolute atomic E-state index is 13.2. The first-order valence-corrected chi connectivity index (χ1v) is 48.1. The number of carbonyl (C=O) groups excluding carboxylic acids is 4. The molecule has 5 atom stereocenters. The third-order valence-corrected chi connectivity index (χ3v) is 22.4. The second-order valence-corrected chi connectivity index (χ2v) is 34.7. The molecule has 0 aliphatic rings. The summed E-state index contributed by atoms with van der Waals surface area (Å²) in [4.78, 5) is 73.2. The number of phosphoric ester groups is 2. The fourth-order valence-electron chi connectivity index (χ4n) is 13.6. The summed E-state index contributed by atoms with van der Waals surface area (Å²) in [6.07, 6.45) is 73.8. The van der Waals surface area contributed by atoms with E-state index >= 15 is 0 Å². The van der Waals surface area contributed by atoms with E-state index in [0.29, 0.717) is 25.7 Å². The Morgan fingerprint density at radius 1 is 0.255 bits per heavy atom. The Kier molecular flexibility index (Phi) is 78.2. The lowest BCUT2D eigenvalue weighted by Crippen LogP contribution is -2.30. The van der Waals surface area contributed by atoms with Crippen LogP contribution in [0.5, 0.6) is 0 Å². The number of phosphoric acid groups is 2. The van der Waals surface area contributed by atoms with Crippen molar-refractivity contribution in [2.24, 2.45) is 5.92 Å². The summed E-state index contributed by atoms with van der Waals surface area (Å²) in [5.41, 5.74) is 0. The summed E-state index contributed by atoms with van der Waals surface area (Å²) < 4.78 is 68.9. The van der Waals surface area contributed by atoms with Gasteiger partial charge in [0.2, 0.25) is 0 Å². The van der Waals surface area contributed by atoms with E-state index in [2.05, 4.69) is 34.6 Å². The highest BCUT2D eigenvalue weighted by Crippen LogP contribution is 2.45. The highest BCUT2D eigenvalue weighted by Gasteiger charge is 2.30. The zero-order valence-electron chi connectivity index (χ0n) is 69.6. The summed E-state index contributed by atoms with van der Waals surface area (Å²) >= 11 is 0. The van der Waals surface area contributed by atoms with Crippen LogP contribution in [0.25, 0.3) is 0 Å². The fourth-order valence-corrected chi connectivity index (χ4v) is 15.2. The number of carbonyl (C=O) groups is 4. The smallest absolute Gasteiger partial charge is 0.462 e. The van der Waals surface area contributed by atoms with Gasteiger partial charge in [-0.1, -0.05) is 420 Å². The van der Waals surface area contributed by atoms with Gasteiger partial charge in [-0.3, -0.25) is 37.3 Å². The molecule has 0 spiro atoms. The Hall–Kier alpha value is -1.94. The predicted molar refractivity (Wildman–Crippen MR) is 437 cm³/mol. The van der Waals surface area contributed by atoms with Crippen LogP contribution in [0.4, 0.5) is 0 Å². The monoisotopic (exact) mass is 1550 g/mol. The maximum Gasteiger partial charge on any atom is 0.472 e. The molecule has 0 aliphatic carbocycles. The number of aliphatic hydroxyl groups excluding tert-OH is 1. The number of hydrogen-bond donors (Lipinski definition) is 3. The molecule has 0 saturated carbocycles. The number of esters is 4. The molecule has 0 radical (unpaired) electrons. The van der Waals surface area contributed by atoms with Crippen LogP contribution in [0.1, 0.15) is 471 Å². The molecule has 0 saturated heterocycles. The molecule has 0 aromatic heterocycles. The number of unbranched alkanes of at least 4 members (excludes halogenated alkanes) is 59. The van der Waals surface area contributed by atoms with Crippen LogP contribution >= 0.6 is 15.6 Å². The largest absolute Gasteiger partial charge is 0.472 e. The zero-order chi connectivity index (χ0) is 77.6. The van der Waals surface area contributed by atoms with Crippen molar-refractivity contribution >= 4 is 39.5 Å². The quantitative estimate of drug-likeness (QED) is 0.0222. The van der Waals surface area contributed by atoms with Crippen molar-refractivity contribution in [2.75, 3.05) is 39.6 Å². The molecule has 19 heteroatoms. The lowest BCUT2D eigenvalue weighted by Gasteiger charge is -2.21. The van der Waals surface area contributed by atoms with Crippen LogP contribution in [0.3, 0.4) is 0 Å². The van der Waals surface area contributed by atoms with Crippen molar-refractivity contribution in [1.29, 1.82) is 0 Å². The summed E-state index contributed by atoms with van der Waals surface area (Å²) in [6.45, 7) is 7.36. The summed E-state index contributed by atoms with van der Waals surface area (Å²) in [7, 11) is -9.93. The molecular weight excluding hydrogens is 1380 g/mol. The van der Waals surface area contributed by atoms with Gasteiger partial charge in [0, 0.05) is 25.7 Å². The first-order valence-electron chi connectivity index (χ1n) is 45.1. The van der Waals surface area contributed by atoms with Crippen LogP contribution in [0.2, 0.25) is 0 Å². The minimum atomic E-state index is -4.97. The molecule has 0 aromatic carbocycles. The zero-order valence-corrected chi connectivity index (χ0v) is 71.4. The average molecular weight is 1550 g/mol. The Morgan fingerprint density at radius 2 is 0.434 bits per heavy atom. The van der Waals surface area contributed by atoms with Crippen LogP contribution in [-0.4, -0.2) is 96.7 Å². The highest BCUT2D eigenvalue weighted by molar-refractivity contribution is 7.47. The van der Waals surface area contributed by atoms with Gasteiger partial charge in [0.05, 0.1) is 26.4 Å². The van der Waals surface area contributed by atoms with Gasteiger partial charge in [-0.15, -0.1) is 0 Å². The van der Waals surface area contributed by atoms with Gasteiger partial charge < -0.3 is 33.8 Å². The lowest BCUT2D eigenvalue weighted by molar-refractivity contribution is -0.161. The van der Waals surface area contributed by atoms with Crippen molar-refractivity contribution in [3.8, 4) is 0 Å². The highest BCUT2D eigenvalue weighted by atomic mass is 31.2. The van der Waals surface area contributed by atoms with E-state index in [0.717, 1.165) is 95.8 Å². The molecule has 2 unspecified atom stereocenters. The number of rotatable bonds is 87. The van der Waals surface area contributed by atoms with E-state index in [1.54, 1.807) is 0 Å². The van der Waals surface area contributed by atoms with E-state index in [9.17, 15) is 43.2 Å². The summed E-state index contributed by atoms with van der Waals surface area (Å²) in [5, 5.41) is 10.7. The third kappa shape index (κ3) is 80.1. The van der Waals surface area contributed by atoms with Gasteiger partial charge in [-0.05, 0) is 31.6 Å². The molecule has 17 nitrogen and oxygen atoms in total. The van der Waals surface area contributed by atoms with E-state index in [-0.39, 0.29) is 25.7 Å². The number of hydrogen-bond acceptors (Lipinski definition) is 15. The molecule has 106 heavy (non-hydrogen) atoms. The second-order valence-electron chi connectivity index (χ2n) is 31.8. The van der Waals surface area contributed by atoms with Crippen LogP contribution < -0.4 is 0 Å². The molecule has 0 bridgehead atoms. The van der Waals surface area contributed by atoms with Crippen LogP contribution in [0.15, 0.2) is 0 Å². The fraction of sp³-hybridized carbons (Fsp3) is 0.954. The van der Waals surface area contributed by atoms with Crippen molar-refractivity contribution < 1.29 is 80.2 Å². The molecular formula is C87H170O17P2. The predicted octanol–water partition coefficient (Wildman–Crippen LogP) is 26.8. The third-order valence-electron chi connectivity index (χ3n) is 20.5. The van der Waals surface area contributed by atoms with Gasteiger partial charge in [-0.25, -0.2) is 9.13 Å². The van der Waals surface area contributed by atoms with Gasteiger partial charge in [0.1, 0.15) is 19.3 Å². The Bertz CT molecular complexity index is 2010. The summed E-state index contributed by atoms with van der Waals surface area (Å²) in [5.74, 6) is -1.31. The van der Waals surface area contributed by atoms with Gasteiger partial charge in [-0.2, -0.15) is 0 Å². The Labute approximate surface area is 651 Å². The Balaban J connectivity index is 5.20. The molecule has 3 N–H and O–H groups in total. The van der Waals surface area contributed by atoms with Crippen molar-refractivity contribution in [3.05, 3.63) is 0 Å². The standard InChI is InChI=1S/C87H170O17P2/c1-6-9-12-15-18-21-23-25-27-29-31-33-35-37-39-43-47-52-57-62-67-72-86(91)104-83(77-98-85(90)71-66-61-56-51-46-42-38-36-34-32-30-28-26-24-22-19-16-13-10-7-2)79-102-106(95,96)100-75-81(88)74-99-105(93,94)101-78-82(76-97-84(89)70-65-60-55-49-20-17-14-11-8-3)103-87(92)73-68-63-58-53-48-44-40-41-45-50-54-59-64-69-80(4)5/h80-83,88H,6-79H2,1-5H3,(H,93,94)(H,95,96)/t81-,82+,83+/m0/s1. The van der Waals surface area contributed by atoms with Gasteiger partial charge in [0.15, 0.2) is 12.2 Å². The van der Waals surface area contributed by atoms with Crippen LogP contribution in [0, 0.1) is 5.92 Å². The molecule has 0 fully saturated rings. The first kappa shape index (κ1) is 104. The van der Waals surface area contributed by atoms with Gasteiger partial charge in [0.25, 0.3) is 0 Å². The van der Waals surface area contributed by atoms with Crippen molar-refractivity contribution in [3.63, 3.8) is 0 Å². The molecule has 0 aromatic rings. The van der Waals surface area contributed by atoms with Gasteiger partial charge >= 0.3 is 39.5 Å². The van der Waals surface area contributed by atoms with E-state index in [1.165, 1.54) is 295 Å². The van der Waals surface area contributed by atoms with Crippen LogP contribution in [-0.2, 0) is 65.4 Å². The van der Waals surface area contributed by atoms with E-state index < -0.39 is 97.5 Å². The SMILES string of the molecule is CCCCCCCCCCCCCCCCCCCCCCCC(=O)O[C@H](COC(=O)CCCCCCCCCCCCCCCCCCCCCC)COP(=O)(O)OC[C@@H](O)COP(=O)(O)OC[C@@H](COC(=O)CCCCCCCCCCC)OC(=O)CCCCCCCCCCCCCCCC(C)C. The number of ether oxygens (including phenoxy) is 4. The number of aliphatic hydroxyl groups is 1. The first-order chi connectivity index (χ1) is 51.5.